The molecular weight excluding hydrogens is 214 g/mol. The van der Waals surface area contributed by atoms with Crippen LogP contribution in [0.5, 0.6) is 0 Å². The highest BCUT2D eigenvalue weighted by Gasteiger charge is 2.09. The van der Waals surface area contributed by atoms with E-state index in [9.17, 15) is 4.79 Å². The third-order valence-corrected chi connectivity index (χ3v) is 2.48. The summed E-state index contributed by atoms with van der Waals surface area (Å²) in [4.78, 5) is 11.5. The number of carbonyl (C=O) groups excluding carboxylic acids is 1. The third kappa shape index (κ3) is 5.20. The van der Waals surface area contributed by atoms with Crippen LogP contribution in [0, 0.1) is 0 Å². The number of alkyl carbamates (subject to hydrolysis) is 1. The van der Waals surface area contributed by atoms with Gasteiger partial charge in [-0.15, -0.1) is 6.58 Å². The number of hydrogen-bond donors (Lipinski definition) is 1. The zero-order valence-electron chi connectivity index (χ0n) is 10.2. The predicted molar refractivity (Wildman–Crippen MR) is 68.7 cm³/mol. The molecule has 0 aliphatic heterocycles. The van der Waals surface area contributed by atoms with Crippen molar-refractivity contribution < 1.29 is 9.53 Å². The van der Waals surface area contributed by atoms with E-state index in [4.69, 9.17) is 4.74 Å². The van der Waals surface area contributed by atoms with E-state index in [2.05, 4.69) is 11.9 Å². The van der Waals surface area contributed by atoms with Crippen molar-refractivity contribution in [2.75, 3.05) is 0 Å². The summed E-state index contributed by atoms with van der Waals surface area (Å²) < 4.78 is 5.12. The molecule has 0 aliphatic carbocycles. The summed E-state index contributed by atoms with van der Waals surface area (Å²) in [6.07, 6.45) is 3.05. The van der Waals surface area contributed by atoms with Gasteiger partial charge < -0.3 is 10.1 Å². The lowest BCUT2D eigenvalue weighted by molar-refractivity contribution is 0.135. The van der Waals surface area contributed by atoms with E-state index in [1.165, 1.54) is 0 Å². The van der Waals surface area contributed by atoms with E-state index >= 15 is 0 Å². The van der Waals surface area contributed by atoms with Gasteiger partial charge in [-0.25, -0.2) is 4.79 Å². The van der Waals surface area contributed by atoms with E-state index in [1.54, 1.807) is 6.08 Å². The molecular formula is C14H19NO2. The Hall–Kier alpha value is -1.77. The molecule has 3 heteroatoms. The second-order valence-corrected chi connectivity index (χ2v) is 3.84. The SMILES string of the molecule is C=CCC(CC)NC(=O)OCc1ccccc1. The lowest BCUT2D eigenvalue weighted by Gasteiger charge is -2.14. The summed E-state index contributed by atoms with van der Waals surface area (Å²) in [6, 6.07) is 9.73. The van der Waals surface area contributed by atoms with Crippen LogP contribution in [0.25, 0.3) is 0 Å². The maximum absolute atomic E-state index is 11.5. The molecule has 0 fully saturated rings. The zero-order valence-corrected chi connectivity index (χ0v) is 10.2. The Kier molecular flexibility index (Phi) is 5.86. The molecule has 17 heavy (non-hydrogen) atoms. The van der Waals surface area contributed by atoms with Gasteiger partial charge in [0, 0.05) is 6.04 Å². The highest BCUT2D eigenvalue weighted by molar-refractivity contribution is 5.67. The minimum atomic E-state index is -0.373. The van der Waals surface area contributed by atoms with Gasteiger partial charge in [0.1, 0.15) is 6.61 Å². The monoisotopic (exact) mass is 233 g/mol. The molecule has 1 aromatic rings. The molecule has 0 aliphatic rings. The van der Waals surface area contributed by atoms with Crippen LogP contribution in [0.1, 0.15) is 25.3 Å². The molecule has 0 bridgehead atoms. The molecule has 1 unspecified atom stereocenters. The van der Waals surface area contributed by atoms with Gasteiger partial charge in [0.15, 0.2) is 0 Å². The number of benzene rings is 1. The van der Waals surface area contributed by atoms with Crippen LogP contribution < -0.4 is 5.32 Å². The van der Waals surface area contributed by atoms with E-state index in [0.717, 1.165) is 18.4 Å². The summed E-state index contributed by atoms with van der Waals surface area (Å²) in [5, 5.41) is 2.81. The minimum Gasteiger partial charge on any atom is -0.445 e. The van der Waals surface area contributed by atoms with Crippen LogP contribution in [-0.4, -0.2) is 12.1 Å². The Morgan fingerprint density at radius 3 is 2.76 bits per heavy atom. The van der Waals surface area contributed by atoms with Crippen molar-refractivity contribution in [3.8, 4) is 0 Å². The minimum absolute atomic E-state index is 0.107. The number of nitrogens with one attached hydrogen (secondary N) is 1. The zero-order chi connectivity index (χ0) is 12.5. The molecule has 0 spiro atoms. The highest BCUT2D eigenvalue weighted by Crippen LogP contribution is 2.02. The van der Waals surface area contributed by atoms with Crippen molar-refractivity contribution in [3.05, 3.63) is 48.6 Å². The molecule has 0 radical (unpaired) electrons. The average molecular weight is 233 g/mol. The predicted octanol–water partition coefficient (Wildman–Crippen LogP) is 3.27. The van der Waals surface area contributed by atoms with Gasteiger partial charge in [-0.3, -0.25) is 0 Å². The lowest BCUT2D eigenvalue weighted by atomic mass is 10.1. The van der Waals surface area contributed by atoms with E-state index in [0.29, 0.717) is 6.61 Å². The van der Waals surface area contributed by atoms with E-state index in [1.807, 2.05) is 37.3 Å². The summed E-state index contributed by atoms with van der Waals surface area (Å²) in [5.41, 5.74) is 0.986. The van der Waals surface area contributed by atoms with Crippen LogP contribution >= 0.6 is 0 Å². The summed E-state index contributed by atoms with van der Waals surface area (Å²) in [7, 11) is 0. The van der Waals surface area contributed by atoms with Crippen molar-refractivity contribution in [1.29, 1.82) is 0 Å². The van der Waals surface area contributed by atoms with Gasteiger partial charge in [-0.2, -0.15) is 0 Å². The second-order valence-electron chi connectivity index (χ2n) is 3.84. The molecule has 1 aromatic carbocycles. The van der Waals surface area contributed by atoms with Crippen LogP contribution in [0.3, 0.4) is 0 Å². The Morgan fingerprint density at radius 2 is 2.18 bits per heavy atom. The van der Waals surface area contributed by atoms with Crippen molar-refractivity contribution in [2.45, 2.75) is 32.4 Å². The summed E-state index contributed by atoms with van der Waals surface area (Å²) >= 11 is 0. The topological polar surface area (TPSA) is 38.3 Å². The molecule has 0 saturated carbocycles. The Bertz CT molecular complexity index is 348. The van der Waals surface area contributed by atoms with Gasteiger partial charge in [0.2, 0.25) is 0 Å². The van der Waals surface area contributed by atoms with Gasteiger partial charge in [0.05, 0.1) is 0 Å². The first kappa shape index (κ1) is 13.3. The Labute approximate surface area is 102 Å². The fraction of sp³-hybridized carbons (Fsp3) is 0.357. The van der Waals surface area contributed by atoms with Crippen LogP contribution in [0.4, 0.5) is 4.79 Å². The van der Waals surface area contributed by atoms with Crippen molar-refractivity contribution >= 4 is 6.09 Å². The first-order chi connectivity index (χ1) is 8.26. The fourth-order valence-corrected chi connectivity index (χ4v) is 1.46. The fourth-order valence-electron chi connectivity index (χ4n) is 1.46. The molecule has 0 saturated heterocycles. The van der Waals surface area contributed by atoms with Gasteiger partial charge in [-0.05, 0) is 18.4 Å². The third-order valence-electron chi connectivity index (χ3n) is 2.48. The second kappa shape index (κ2) is 7.49. The molecule has 1 atom stereocenters. The molecule has 92 valence electrons. The Morgan fingerprint density at radius 1 is 1.47 bits per heavy atom. The standard InChI is InChI=1S/C14H19NO2/c1-3-8-13(4-2)15-14(16)17-11-12-9-6-5-7-10-12/h3,5-7,9-10,13H,1,4,8,11H2,2H3,(H,15,16). The summed E-state index contributed by atoms with van der Waals surface area (Å²) in [5.74, 6) is 0. The maximum atomic E-state index is 11.5. The molecule has 0 heterocycles. The lowest BCUT2D eigenvalue weighted by Crippen LogP contribution is -2.34. The number of amides is 1. The quantitative estimate of drug-likeness (QED) is 0.766. The van der Waals surface area contributed by atoms with E-state index in [-0.39, 0.29) is 12.1 Å². The number of ether oxygens (including phenoxy) is 1. The van der Waals surface area contributed by atoms with Crippen LogP contribution in [0.2, 0.25) is 0 Å². The molecule has 3 nitrogen and oxygen atoms in total. The van der Waals surface area contributed by atoms with Gasteiger partial charge in [0.25, 0.3) is 0 Å². The largest absolute Gasteiger partial charge is 0.445 e. The first-order valence-electron chi connectivity index (χ1n) is 5.84. The van der Waals surface area contributed by atoms with E-state index < -0.39 is 0 Å². The normalized spacial score (nSPS) is 11.6. The maximum Gasteiger partial charge on any atom is 0.407 e. The number of hydrogen-bond acceptors (Lipinski definition) is 2. The van der Waals surface area contributed by atoms with Crippen molar-refractivity contribution in [1.82, 2.24) is 5.32 Å². The molecule has 1 rings (SSSR count). The highest BCUT2D eigenvalue weighted by atomic mass is 16.5. The first-order valence-corrected chi connectivity index (χ1v) is 5.84. The van der Waals surface area contributed by atoms with Gasteiger partial charge >= 0.3 is 6.09 Å². The summed E-state index contributed by atoms with van der Waals surface area (Å²) in [6.45, 7) is 5.98. The molecule has 0 aromatic heterocycles. The van der Waals surface area contributed by atoms with Crippen molar-refractivity contribution in [2.24, 2.45) is 0 Å². The molecule has 1 N–H and O–H groups in total. The average Bonchev–Trinajstić information content (AvgIpc) is 2.37. The number of rotatable bonds is 6. The van der Waals surface area contributed by atoms with Gasteiger partial charge in [-0.1, -0.05) is 43.3 Å². The van der Waals surface area contributed by atoms with Crippen molar-refractivity contribution in [3.63, 3.8) is 0 Å². The number of carbonyl (C=O) groups is 1. The smallest absolute Gasteiger partial charge is 0.407 e. The van der Waals surface area contributed by atoms with Crippen LogP contribution in [0.15, 0.2) is 43.0 Å². The van der Waals surface area contributed by atoms with Crippen LogP contribution in [-0.2, 0) is 11.3 Å². The molecule has 1 amide bonds. The Balaban J connectivity index is 2.32.